The number of nitrogens with zero attached hydrogens (tertiary/aromatic N) is 4. The number of carbonyl (C=O) groups is 2. The van der Waals surface area contributed by atoms with Crippen molar-refractivity contribution in [2.45, 2.75) is 64.6 Å². The predicted molar refractivity (Wildman–Crippen MR) is 160 cm³/mol. The minimum atomic E-state index is -0.316. The Labute approximate surface area is 251 Å². The molecule has 1 fully saturated rings. The zero-order valence-electron chi connectivity index (χ0n) is 25.4. The number of H-pyrrole nitrogens is 2. The summed E-state index contributed by atoms with van der Waals surface area (Å²) < 4.78 is 17.4. The number of anilines is 1. The number of aromatic amines is 2. The molecular weight excluding hydrogens is 554 g/mol. The van der Waals surface area contributed by atoms with E-state index in [0.717, 1.165) is 43.4 Å². The number of esters is 1. The van der Waals surface area contributed by atoms with Crippen molar-refractivity contribution in [3.05, 3.63) is 45.9 Å². The summed E-state index contributed by atoms with van der Waals surface area (Å²) in [6.07, 6.45) is 4.61. The zero-order valence-corrected chi connectivity index (χ0v) is 25.4. The van der Waals surface area contributed by atoms with Crippen LogP contribution >= 0.6 is 0 Å². The number of nitrogens with one attached hydrogen (secondary N) is 2. The topological polar surface area (TPSA) is 159 Å². The molecule has 0 radical (unpaired) electrons. The van der Waals surface area contributed by atoms with Gasteiger partial charge < -0.3 is 24.8 Å². The predicted octanol–water partition coefficient (Wildman–Crippen LogP) is 1.55. The number of amides is 1. The van der Waals surface area contributed by atoms with Crippen LogP contribution in [-0.2, 0) is 38.6 Å². The number of fused-ring (bicyclic) bond motifs is 1. The van der Waals surface area contributed by atoms with Crippen molar-refractivity contribution in [1.82, 2.24) is 24.3 Å². The van der Waals surface area contributed by atoms with Gasteiger partial charge in [-0.1, -0.05) is 37.6 Å². The number of likely N-dealkylation sites (tertiary alicyclic amines) is 1. The largest absolute Gasteiger partial charge is 0.469 e. The second kappa shape index (κ2) is 15.5. The number of hydrogen-bond donors (Lipinski definition) is 2. The van der Waals surface area contributed by atoms with Crippen LogP contribution in [0.15, 0.2) is 29.1 Å². The zero-order chi connectivity index (χ0) is 30.8. The maximum Gasteiger partial charge on any atom is 0.433 e. The average Bonchev–Trinajstić information content (AvgIpc) is 3.56. The molecule has 43 heavy (non-hydrogen) atoms. The van der Waals surface area contributed by atoms with E-state index < -0.39 is 0 Å². The van der Waals surface area contributed by atoms with Crippen LogP contribution in [0.5, 0.6) is 6.01 Å². The molecule has 1 saturated heterocycles. The van der Waals surface area contributed by atoms with Crippen LogP contribution in [0.1, 0.15) is 50.2 Å². The third-order valence-electron chi connectivity index (χ3n) is 7.76. The maximum absolute atomic E-state index is 13.7. The van der Waals surface area contributed by atoms with Gasteiger partial charge in [0.25, 0.3) is 5.65 Å². The van der Waals surface area contributed by atoms with Crippen molar-refractivity contribution >= 4 is 28.9 Å². The van der Waals surface area contributed by atoms with Gasteiger partial charge in [-0.2, -0.15) is 0 Å². The number of nitrogen functional groups attached to an aromatic ring is 1. The first-order valence-corrected chi connectivity index (χ1v) is 14.9. The first-order chi connectivity index (χ1) is 20.8. The summed E-state index contributed by atoms with van der Waals surface area (Å²) in [5.74, 6) is -0.109. The van der Waals surface area contributed by atoms with Gasteiger partial charge in [0.1, 0.15) is 0 Å². The molecule has 0 aliphatic carbocycles. The molecule has 13 nitrogen and oxygen atoms in total. The standard InChI is InChI=1S/C30H43N7O6/c1-4-5-16-43-29-33-27(31)26-28(34-29)37(30(40)32-26)15-7-14-36(24(38)19-35-13-6-8-23(35)20-41-2)18-22-11-9-21(10-12-22)17-25(39)42-3/h9-12,23H,4-8,13-20H2,1-3H3,(H,32,40)(H2,31,33,34)/p+1/t23-/m0/s1. The van der Waals surface area contributed by atoms with Crippen LogP contribution in [0, 0.1) is 0 Å². The summed E-state index contributed by atoms with van der Waals surface area (Å²) in [7, 11) is 3.05. The van der Waals surface area contributed by atoms with Crippen LogP contribution in [0.25, 0.3) is 11.2 Å². The summed E-state index contributed by atoms with van der Waals surface area (Å²) in [4.78, 5) is 52.3. The van der Waals surface area contributed by atoms with E-state index in [9.17, 15) is 14.4 Å². The molecule has 0 unspecified atom stereocenters. The third kappa shape index (κ3) is 8.54. The molecule has 3 aromatic rings. The minimum absolute atomic E-state index is 0.0135. The molecule has 2 aromatic heterocycles. The summed E-state index contributed by atoms with van der Waals surface area (Å²) in [6.45, 7) is 5.50. The Bertz CT molecular complexity index is 1420. The SMILES string of the molecule is CCCCOc1nc(N)c2[nH]c(=O)n(CCCN(Cc3ccc(CC(=O)OC)cc3)C(=O)CN3CCC[C@H]3COC)c2[nH+]1. The highest BCUT2D eigenvalue weighted by atomic mass is 16.5. The van der Waals surface area contributed by atoms with Crippen molar-refractivity contribution in [2.24, 2.45) is 0 Å². The second-order valence-electron chi connectivity index (χ2n) is 10.9. The number of unbranched alkanes of at least 4 members (excludes halogenated alkanes) is 1. The number of imidazole rings is 1. The number of rotatable bonds is 16. The summed E-state index contributed by atoms with van der Waals surface area (Å²) in [5.41, 5.74) is 8.51. The minimum Gasteiger partial charge on any atom is -0.469 e. The number of benzene rings is 1. The van der Waals surface area contributed by atoms with Crippen molar-refractivity contribution in [1.29, 1.82) is 0 Å². The van der Waals surface area contributed by atoms with E-state index >= 15 is 0 Å². The highest BCUT2D eigenvalue weighted by molar-refractivity contribution is 5.79. The van der Waals surface area contributed by atoms with Crippen molar-refractivity contribution in [3.8, 4) is 6.01 Å². The number of nitrogens with two attached hydrogens (primary N) is 1. The van der Waals surface area contributed by atoms with Crippen LogP contribution in [0.3, 0.4) is 0 Å². The molecule has 1 atom stereocenters. The van der Waals surface area contributed by atoms with Crippen molar-refractivity contribution in [3.63, 3.8) is 0 Å². The highest BCUT2D eigenvalue weighted by Gasteiger charge is 2.28. The molecule has 13 heteroatoms. The van der Waals surface area contributed by atoms with Gasteiger partial charge in [-0.3, -0.25) is 19.5 Å². The van der Waals surface area contributed by atoms with Crippen LogP contribution in [-0.4, -0.2) is 89.3 Å². The second-order valence-corrected chi connectivity index (χ2v) is 10.9. The summed E-state index contributed by atoms with van der Waals surface area (Å²) in [6, 6.07) is 8.10. The van der Waals surface area contributed by atoms with Gasteiger partial charge in [-0.05, 0) is 48.3 Å². The van der Waals surface area contributed by atoms with E-state index in [1.807, 2.05) is 29.2 Å². The van der Waals surface area contributed by atoms with E-state index in [1.165, 1.54) is 7.11 Å². The first kappa shape index (κ1) is 32.0. The Kier molecular flexibility index (Phi) is 11.5. The molecule has 1 amide bonds. The van der Waals surface area contributed by atoms with Crippen molar-refractivity contribution < 1.29 is 28.8 Å². The van der Waals surface area contributed by atoms with Crippen molar-refractivity contribution in [2.75, 3.05) is 52.8 Å². The molecule has 1 aliphatic heterocycles. The third-order valence-corrected chi connectivity index (χ3v) is 7.76. The Morgan fingerprint density at radius 3 is 2.67 bits per heavy atom. The molecule has 0 spiro atoms. The maximum atomic E-state index is 13.7. The van der Waals surface area contributed by atoms with Gasteiger partial charge >= 0.3 is 17.7 Å². The monoisotopic (exact) mass is 598 g/mol. The summed E-state index contributed by atoms with van der Waals surface area (Å²) >= 11 is 0. The Balaban J connectivity index is 1.48. The number of methoxy groups -OCH3 is 2. The Hall–Kier alpha value is -3.97. The van der Waals surface area contributed by atoms with E-state index in [4.69, 9.17) is 19.9 Å². The lowest BCUT2D eigenvalue weighted by Gasteiger charge is -2.28. The molecule has 4 rings (SSSR count). The molecule has 1 aromatic carbocycles. The lowest BCUT2D eigenvalue weighted by molar-refractivity contribution is -0.372. The van der Waals surface area contributed by atoms with Gasteiger partial charge in [0.2, 0.25) is 11.7 Å². The van der Waals surface area contributed by atoms with Gasteiger partial charge in [-0.25, -0.2) is 14.3 Å². The Morgan fingerprint density at radius 1 is 1.19 bits per heavy atom. The molecule has 0 bridgehead atoms. The quantitative estimate of drug-likeness (QED) is 0.184. The lowest BCUT2D eigenvalue weighted by atomic mass is 10.1. The number of hydrogen-bond acceptors (Lipinski definition) is 9. The fourth-order valence-electron chi connectivity index (χ4n) is 5.37. The van der Waals surface area contributed by atoms with E-state index in [1.54, 1.807) is 11.7 Å². The lowest BCUT2D eigenvalue weighted by Crippen LogP contribution is -2.43. The first-order valence-electron chi connectivity index (χ1n) is 14.9. The van der Waals surface area contributed by atoms with Gasteiger partial charge in [0.05, 0.1) is 39.8 Å². The average molecular weight is 599 g/mol. The van der Waals surface area contributed by atoms with Crippen LogP contribution < -0.4 is 21.1 Å². The van der Waals surface area contributed by atoms with Crippen LogP contribution in [0.2, 0.25) is 0 Å². The van der Waals surface area contributed by atoms with Gasteiger partial charge in [-0.15, -0.1) is 0 Å². The molecule has 234 valence electrons. The highest BCUT2D eigenvalue weighted by Crippen LogP contribution is 2.19. The van der Waals surface area contributed by atoms with E-state index in [-0.39, 0.29) is 41.9 Å². The molecule has 3 heterocycles. The number of ether oxygens (including phenoxy) is 3. The van der Waals surface area contributed by atoms with Gasteiger partial charge in [0, 0.05) is 26.2 Å². The normalized spacial score (nSPS) is 15.2. The molecule has 0 saturated carbocycles. The smallest absolute Gasteiger partial charge is 0.433 e. The fraction of sp³-hybridized carbons (Fsp3) is 0.567. The number of aromatic nitrogens is 4. The molecule has 1 aliphatic rings. The number of aryl methyl sites for hydroxylation is 1. The molecular formula is C30H44N7O6+. The fourth-order valence-corrected chi connectivity index (χ4v) is 5.37. The Morgan fingerprint density at radius 2 is 1.95 bits per heavy atom. The van der Waals surface area contributed by atoms with E-state index in [0.29, 0.717) is 57.0 Å². The number of carbonyl (C=O) groups excluding carboxylic acids is 2. The molecule has 4 N–H and O–H groups in total. The van der Waals surface area contributed by atoms with Crippen LogP contribution in [0.4, 0.5) is 5.82 Å². The van der Waals surface area contributed by atoms with E-state index in [2.05, 4.69) is 26.8 Å². The van der Waals surface area contributed by atoms with Gasteiger partial charge in [0.15, 0.2) is 5.52 Å². The summed E-state index contributed by atoms with van der Waals surface area (Å²) in [5, 5.41) is 0.